The summed E-state index contributed by atoms with van der Waals surface area (Å²) in [6.45, 7) is 10.9. The highest BCUT2D eigenvalue weighted by Gasteiger charge is 2.56. The van der Waals surface area contributed by atoms with Crippen molar-refractivity contribution in [3.63, 3.8) is 0 Å². The lowest BCUT2D eigenvalue weighted by molar-refractivity contribution is -0.0694. The summed E-state index contributed by atoms with van der Waals surface area (Å²) in [6.07, 6.45) is 2.66. The van der Waals surface area contributed by atoms with E-state index in [9.17, 15) is 8.78 Å². The molecular formula is C26H34F2N2O. The molecule has 0 radical (unpaired) electrons. The van der Waals surface area contributed by atoms with Gasteiger partial charge in [-0.15, -0.1) is 0 Å². The van der Waals surface area contributed by atoms with Gasteiger partial charge in [0.2, 0.25) is 0 Å². The van der Waals surface area contributed by atoms with E-state index in [0.717, 1.165) is 38.0 Å². The first-order chi connectivity index (χ1) is 14.7. The van der Waals surface area contributed by atoms with Crippen molar-refractivity contribution in [2.45, 2.75) is 71.1 Å². The highest BCUT2D eigenvalue weighted by molar-refractivity contribution is 5.56. The molecule has 2 aromatic carbocycles. The third-order valence-electron chi connectivity index (χ3n) is 8.22. The summed E-state index contributed by atoms with van der Waals surface area (Å²) in [7, 11) is 0. The molecule has 0 aromatic heterocycles. The monoisotopic (exact) mass is 428 g/mol. The van der Waals surface area contributed by atoms with Crippen LogP contribution >= 0.6 is 0 Å². The van der Waals surface area contributed by atoms with Gasteiger partial charge in [-0.1, -0.05) is 45.9 Å². The van der Waals surface area contributed by atoms with Gasteiger partial charge in [0.05, 0.1) is 12.7 Å². The van der Waals surface area contributed by atoms with Gasteiger partial charge in [0.15, 0.2) is 0 Å². The molecule has 4 rings (SSSR count). The largest absolute Gasteiger partial charge is 0.398 e. The van der Waals surface area contributed by atoms with Crippen molar-refractivity contribution in [2.75, 3.05) is 18.8 Å². The number of anilines is 1. The van der Waals surface area contributed by atoms with E-state index in [1.54, 1.807) is 0 Å². The first-order valence-electron chi connectivity index (χ1n) is 11.4. The normalized spacial score (nSPS) is 25.8. The smallest absolute Gasteiger partial charge is 0.131 e. The van der Waals surface area contributed by atoms with Crippen LogP contribution in [-0.2, 0) is 23.2 Å². The lowest BCUT2D eigenvalue weighted by Gasteiger charge is -2.61. The van der Waals surface area contributed by atoms with Crippen molar-refractivity contribution in [1.82, 2.24) is 4.90 Å². The van der Waals surface area contributed by atoms with Gasteiger partial charge in [-0.25, -0.2) is 8.78 Å². The van der Waals surface area contributed by atoms with Crippen LogP contribution in [0.5, 0.6) is 0 Å². The summed E-state index contributed by atoms with van der Waals surface area (Å²) in [5, 5.41) is 0. The van der Waals surface area contributed by atoms with Gasteiger partial charge in [0.1, 0.15) is 11.6 Å². The number of hydrogen-bond donors (Lipinski definition) is 1. The van der Waals surface area contributed by atoms with E-state index in [2.05, 4.69) is 44.7 Å². The van der Waals surface area contributed by atoms with Crippen LogP contribution in [-0.4, -0.2) is 30.1 Å². The number of likely N-dealkylation sites (tertiary alicyclic amines) is 1. The molecule has 0 saturated carbocycles. The predicted molar refractivity (Wildman–Crippen MR) is 121 cm³/mol. The number of nitrogens with two attached hydrogens (primary N) is 1. The summed E-state index contributed by atoms with van der Waals surface area (Å²) in [5.74, 6) is -1.10. The number of ether oxygens (including phenoxy) is 1. The highest BCUT2D eigenvalue weighted by atomic mass is 19.1. The van der Waals surface area contributed by atoms with E-state index >= 15 is 0 Å². The lowest BCUT2D eigenvalue weighted by Crippen LogP contribution is -2.64. The van der Waals surface area contributed by atoms with Crippen LogP contribution in [0.4, 0.5) is 14.5 Å². The molecule has 3 atom stereocenters. The Bertz CT molecular complexity index is 940. The summed E-state index contributed by atoms with van der Waals surface area (Å²) in [5.41, 5.74) is 10.1. The van der Waals surface area contributed by atoms with Crippen molar-refractivity contribution >= 4 is 5.69 Å². The number of hydrogen-bond acceptors (Lipinski definition) is 3. The number of piperidine rings is 1. The standard InChI is InChI=1S/C26H34F2N2O/c1-5-17(31-16-19-21(27)9-7-10-22(19)28)15-30-13-12-26(4)20-8-6-11-23(29)18(20)14-24(30)25(26,2)3/h6-11,17,24H,5,12-16,29H2,1-4H3/t17-,24+,26+/m0/s1. The van der Waals surface area contributed by atoms with Crippen molar-refractivity contribution in [1.29, 1.82) is 0 Å². The topological polar surface area (TPSA) is 38.5 Å². The second-order valence-electron chi connectivity index (χ2n) is 9.93. The summed E-state index contributed by atoms with van der Waals surface area (Å²) in [4.78, 5) is 2.52. The molecule has 1 heterocycles. The summed E-state index contributed by atoms with van der Waals surface area (Å²) in [6, 6.07) is 10.6. The second kappa shape index (κ2) is 8.18. The average Bonchev–Trinajstić information content (AvgIpc) is 2.71. The summed E-state index contributed by atoms with van der Waals surface area (Å²) >= 11 is 0. The molecule has 2 bridgehead atoms. The Morgan fingerprint density at radius 1 is 1.13 bits per heavy atom. The minimum absolute atomic E-state index is 0.00636. The van der Waals surface area contributed by atoms with Gasteiger partial charge < -0.3 is 10.5 Å². The number of halogens is 2. The molecule has 1 saturated heterocycles. The molecule has 168 valence electrons. The zero-order chi connectivity index (χ0) is 22.4. The zero-order valence-corrected chi connectivity index (χ0v) is 19.1. The van der Waals surface area contributed by atoms with Crippen molar-refractivity contribution in [3.8, 4) is 0 Å². The number of benzene rings is 2. The summed E-state index contributed by atoms with van der Waals surface area (Å²) < 4.78 is 34.0. The maximum Gasteiger partial charge on any atom is 0.131 e. The minimum atomic E-state index is -0.552. The van der Waals surface area contributed by atoms with Crippen LogP contribution in [0.25, 0.3) is 0 Å². The number of fused-ring (bicyclic) bond motifs is 4. The highest BCUT2D eigenvalue weighted by Crippen LogP contribution is 2.56. The third kappa shape index (κ3) is 3.66. The van der Waals surface area contributed by atoms with Crippen molar-refractivity contribution in [2.24, 2.45) is 5.41 Å². The molecule has 3 nitrogen and oxygen atoms in total. The van der Waals surface area contributed by atoms with Crippen molar-refractivity contribution in [3.05, 3.63) is 64.7 Å². The average molecular weight is 429 g/mol. The number of nitrogens with zero attached hydrogens (tertiary/aromatic N) is 1. The molecule has 1 fully saturated rings. The van der Waals surface area contributed by atoms with E-state index in [-0.39, 0.29) is 29.1 Å². The maximum absolute atomic E-state index is 14.0. The van der Waals surface area contributed by atoms with E-state index < -0.39 is 11.6 Å². The van der Waals surface area contributed by atoms with E-state index in [1.807, 2.05) is 6.07 Å². The second-order valence-corrected chi connectivity index (χ2v) is 9.93. The van der Waals surface area contributed by atoms with Gasteiger partial charge in [-0.2, -0.15) is 0 Å². The molecule has 5 heteroatoms. The zero-order valence-electron chi connectivity index (χ0n) is 19.1. The minimum Gasteiger partial charge on any atom is -0.398 e. The molecule has 1 aliphatic carbocycles. The number of nitrogen functional groups attached to an aromatic ring is 1. The van der Waals surface area contributed by atoms with Crippen LogP contribution in [0.15, 0.2) is 36.4 Å². The Kier molecular flexibility index (Phi) is 5.86. The molecule has 0 unspecified atom stereocenters. The van der Waals surface area contributed by atoms with Gasteiger partial charge in [-0.05, 0) is 60.5 Å². The van der Waals surface area contributed by atoms with Crippen LogP contribution in [0.3, 0.4) is 0 Å². The van der Waals surface area contributed by atoms with Crippen molar-refractivity contribution < 1.29 is 13.5 Å². The van der Waals surface area contributed by atoms with Crippen LogP contribution in [0.1, 0.15) is 57.2 Å². The molecule has 0 spiro atoms. The molecule has 31 heavy (non-hydrogen) atoms. The Hall–Kier alpha value is -1.98. The Morgan fingerprint density at radius 2 is 1.81 bits per heavy atom. The Labute approximate surface area is 184 Å². The Balaban J connectivity index is 1.54. The molecule has 1 aliphatic heterocycles. The third-order valence-corrected chi connectivity index (χ3v) is 8.22. The van der Waals surface area contributed by atoms with Gasteiger partial charge in [0.25, 0.3) is 0 Å². The number of rotatable bonds is 6. The fraction of sp³-hybridized carbons (Fsp3) is 0.538. The molecule has 2 N–H and O–H groups in total. The molecule has 0 amide bonds. The van der Waals surface area contributed by atoms with Gasteiger partial charge >= 0.3 is 0 Å². The predicted octanol–water partition coefficient (Wildman–Crippen LogP) is 5.46. The van der Waals surface area contributed by atoms with E-state index in [0.29, 0.717) is 6.04 Å². The Morgan fingerprint density at radius 3 is 2.48 bits per heavy atom. The fourth-order valence-electron chi connectivity index (χ4n) is 5.73. The maximum atomic E-state index is 14.0. The van der Waals surface area contributed by atoms with Crippen LogP contribution in [0.2, 0.25) is 0 Å². The quantitative estimate of drug-likeness (QED) is 0.621. The SMILES string of the molecule is CC[C@@H](CN1CC[C@]2(C)c3cccc(N)c3C[C@@H]1C2(C)C)OCc1c(F)cccc1F. The van der Waals surface area contributed by atoms with Crippen LogP contribution in [0, 0.1) is 17.0 Å². The first-order valence-corrected chi connectivity index (χ1v) is 11.4. The molecular weight excluding hydrogens is 394 g/mol. The van der Waals surface area contributed by atoms with E-state index in [1.165, 1.54) is 29.3 Å². The molecule has 2 aliphatic rings. The first kappa shape index (κ1) is 22.2. The van der Waals surface area contributed by atoms with E-state index in [4.69, 9.17) is 10.5 Å². The van der Waals surface area contributed by atoms with Crippen LogP contribution < -0.4 is 5.73 Å². The molecule has 2 aromatic rings. The fourth-order valence-corrected chi connectivity index (χ4v) is 5.73. The van der Waals surface area contributed by atoms with Gasteiger partial charge in [-0.3, -0.25) is 4.90 Å². The van der Waals surface area contributed by atoms with Gasteiger partial charge in [0, 0.05) is 29.3 Å². The lowest BCUT2D eigenvalue weighted by atomic mass is 9.51.